The van der Waals surface area contributed by atoms with Crippen molar-refractivity contribution in [1.82, 2.24) is 0 Å². The van der Waals surface area contributed by atoms with Crippen LogP contribution in [0.3, 0.4) is 0 Å². The molecule has 0 aromatic heterocycles. The molecule has 0 aromatic rings. The summed E-state index contributed by atoms with van der Waals surface area (Å²) in [6, 6.07) is 1.84. The lowest BCUT2D eigenvalue weighted by Gasteiger charge is -1.87. The van der Waals surface area contributed by atoms with Crippen molar-refractivity contribution in [3.05, 3.63) is 12.2 Å². The fourth-order valence-electron chi connectivity index (χ4n) is 0.239. The van der Waals surface area contributed by atoms with Crippen molar-refractivity contribution in [1.29, 1.82) is 10.7 Å². The van der Waals surface area contributed by atoms with Crippen LogP contribution in [-0.2, 0) is 0 Å². The molecule has 3 N–H and O–H groups in total. The fourth-order valence-corrected chi connectivity index (χ4v) is 0.611. The van der Waals surface area contributed by atoms with Crippen LogP contribution in [0.25, 0.3) is 0 Å². The van der Waals surface area contributed by atoms with E-state index in [1.807, 2.05) is 6.07 Å². The van der Waals surface area contributed by atoms with Crippen LogP contribution in [0.5, 0.6) is 0 Å². The molecule has 4 heteroatoms. The van der Waals surface area contributed by atoms with Crippen LogP contribution in [0, 0.1) is 16.7 Å². The molecule has 0 radical (unpaired) electrons. The van der Waals surface area contributed by atoms with E-state index in [1.165, 1.54) is 17.8 Å². The van der Waals surface area contributed by atoms with Crippen LogP contribution in [0.1, 0.15) is 0 Å². The quantitative estimate of drug-likeness (QED) is 0.337. The number of hydrogen-bond acceptors (Lipinski definition) is 3. The van der Waals surface area contributed by atoms with Gasteiger partial charge in [0.15, 0.2) is 5.17 Å². The van der Waals surface area contributed by atoms with E-state index in [0.717, 1.165) is 0 Å². The molecule has 0 rings (SSSR count). The summed E-state index contributed by atoms with van der Waals surface area (Å²) in [5, 5.41) is 14.8. The molecule has 0 saturated carbocycles. The molecule has 0 heterocycles. The largest absolute Gasteiger partial charge is 0.379 e. The van der Waals surface area contributed by atoms with Gasteiger partial charge in [0.2, 0.25) is 0 Å². The summed E-state index contributed by atoms with van der Waals surface area (Å²) >= 11 is 1.19. The standard InChI is InChI=1S/C5H7N3S/c6-3-1-2-4-9-5(7)8/h1-2H,4H2,(H3,7,8)/b2-1-. The molecule has 48 valence electrons. The number of allylic oxidation sites excluding steroid dienone is 1. The average Bonchev–Trinajstić information content (AvgIpc) is 1.80. The van der Waals surface area contributed by atoms with Crippen molar-refractivity contribution >= 4 is 16.9 Å². The molecule has 3 nitrogen and oxygen atoms in total. The van der Waals surface area contributed by atoms with E-state index in [4.69, 9.17) is 16.4 Å². The molecule has 0 saturated heterocycles. The van der Waals surface area contributed by atoms with Gasteiger partial charge in [0, 0.05) is 11.8 Å². The van der Waals surface area contributed by atoms with Gasteiger partial charge in [-0.15, -0.1) is 0 Å². The lowest BCUT2D eigenvalue weighted by molar-refractivity contribution is 1.50. The Morgan fingerprint density at radius 3 is 3.00 bits per heavy atom. The second-order valence-corrected chi connectivity index (χ2v) is 2.27. The van der Waals surface area contributed by atoms with Crippen molar-refractivity contribution in [2.75, 3.05) is 5.75 Å². The van der Waals surface area contributed by atoms with Crippen molar-refractivity contribution < 1.29 is 0 Å². The third-order valence-corrected chi connectivity index (χ3v) is 1.20. The molecule has 0 spiro atoms. The van der Waals surface area contributed by atoms with Gasteiger partial charge in [0.05, 0.1) is 6.07 Å². The van der Waals surface area contributed by atoms with Crippen LogP contribution >= 0.6 is 11.8 Å². The Kier molecular flexibility index (Phi) is 4.64. The van der Waals surface area contributed by atoms with Gasteiger partial charge >= 0.3 is 0 Å². The number of nitrogens with one attached hydrogen (secondary N) is 1. The Morgan fingerprint density at radius 1 is 1.89 bits per heavy atom. The first-order valence-corrected chi connectivity index (χ1v) is 3.27. The zero-order chi connectivity index (χ0) is 7.11. The molecule has 0 aliphatic rings. The van der Waals surface area contributed by atoms with Gasteiger partial charge in [-0.3, -0.25) is 5.41 Å². The summed E-state index contributed by atoms with van der Waals surface area (Å²) in [5.74, 6) is 0.600. The van der Waals surface area contributed by atoms with E-state index in [2.05, 4.69) is 0 Å². The molecule has 9 heavy (non-hydrogen) atoms. The minimum Gasteiger partial charge on any atom is -0.379 e. The molecule has 0 aliphatic heterocycles. The van der Waals surface area contributed by atoms with Gasteiger partial charge in [-0.1, -0.05) is 17.8 Å². The lowest BCUT2D eigenvalue weighted by Crippen LogP contribution is -2.03. The zero-order valence-corrected chi connectivity index (χ0v) is 5.61. The monoisotopic (exact) mass is 141 g/mol. The molecule has 0 amide bonds. The molecular formula is C5H7N3S. The lowest BCUT2D eigenvalue weighted by atomic mass is 10.6. The summed E-state index contributed by atoms with van der Waals surface area (Å²) in [6.07, 6.45) is 3.03. The maximum Gasteiger partial charge on any atom is 0.151 e. The second-order valence-electron chi connectivity index (χ2n) is 1.21. The topological polar surface area (TPSA) is 73.7 Å². The summed E-state index contributed by atoms with van der Waals surface area (Å²) in [7, 11) is 0. The number of nitrogens with two attached hydrogens (primary N) is 1. The Hall–Kier alpha value is -0.950. The number of nitrogens with zero attached hydrogens (tertiary/aromatic N) is 1. The minimum absolute atomic E-state index is 0.0811. The highest BCUT2D eigenvalue weighted by Crippen LogP contribution is 1.96. The highest BCUT2D eigenvalue weighted by molar-refractivity contribution is 8.13. The van der Waals surface area contributed by atoms with Crippen LogP contribution in [-0.4, -0.2) is 10.9 Å². The van der Waals surface area contributed by atoms with Crippen LogP contribution in [0.15, 0.2) is 12.2 Å². The van der Waals surface area contributed by atoms with Gasteiger partial charge in [-0.2, -0.15) is 5.26 Å². The SMILES string of the molecule is N#C/C=C\CSC(=N)N. The number of nitriles is 1. The summed E-state index contributed by atoms with van der Waals surface area (Å²) in [5.41, 5.74) is 5.00. The third-order valence-electron chi connectivity index (χ3n) is 0.527. The molecule has 0 fully saturated rings. The predicted molar refractivity (Wildman–Crippen MR) is 39.1 cm³/mol. The summed E-state index contributed by atoms with van der Waals surface area (Å²) in [4.78, 5) is 0. The first kappa shape index (κ1) is 8.05. The highest BCUT2D eigenvalue weighted by Gasteiger charge is 1.83. The predicted octanol–water partition coefficient (Wildman–Crippen LogP) is 0.693. The molecule has 0 aliphatic carbocycles. The molecule has 0 bridgehead atoms. The smallest absolute Gasteiger partial charge is 0.151 e. The Morgan fingerprint density at radius 2 is 2.56 bits per heavy atom. The first-order valence-electron chi connectivity index (χ1n) is 2.29. The summed E-state index contributed by atoms with van der Waals surface area (Å²) in [6.45, 7) is 0. The zero-order valence-electron chi connectivity index (χ0n) is 4.79. The van der Waals surface area contributed by atoms with Gasteiger partial charge in [0.25, 0.3) is 0 Å². The van der Waals surface area contributed by atoms with E-state index in [-0.39, 0.29) is 5.17 Å². The van der Waals surface area contributed by atoms with Crippen LogP contribution in [0.2, 0.25) is 0 Å². The molecule has 0 atom stereocenters. The van der Waals surface area contributed by atoms with Crippen molar-refractivity contribution in [3.63, 3.8) is 0 Å². The minimum atomic E-state index is 0.0811. The van der Waals surface area contributed by atoms with Crippen LogP contribution < -0.4 is 5.73 Å². The number of rotatable bonds is 2. The Balaban J connectivity index is 3.22. The second kappa shape index (κ2) is 5.19. The van der Waals surface area contributed by atoms with E-state index in [9.17, 15) is 0 Å². The van der Waals surface area contributed by atoms with Gasteiger partial charge in [-0.25, -0.2) is 0 Å². The maximum atomic E-state index is 8.00. The third kappa shape index (κ3) is 7.05. The van der Waals surface area contributed by atoms with E-state index in [1.54, 1.807) is 6.08 Å². The molecule has 0 unspecified atom stereocenters. The fraction of sp³-hybridized carbons (Fsp3) is 0.200. The van der Waals surface area contributed by atoms with E-state index < -0.39 is 0 Å². The highest BCUT2D eigenvalue weighted by atomic mass is 32.2. The van der Waals surface area contributed by atoms with Gasteiger partial charge in [-0.05, 0) is 0 Å². The number of amidine groups is 1. The van der Waals surface area contributed by atoms with E-state index in [0.29, 0.717) is 5.75 Å². The average molecular weight is 141 g/mol. The maximum absolute atomic E-state index is 8.00. The van der Waals surface area contributed by atoms with Gasteiger partial charge < -0.3 is 5.73 Å². The van der Waals surface area contributed by atoms with Crippen molar-refractivity contribution in [2.24, 2.45) is 5.73 Å². The Labute approximate surface area is 58.1 Å². The van der Waals surface area contributed by atoms with Crippen LogP contribution in [0.4, 0.5) is 0 Å². The number of hydrogen-bond donors (Lipinski definition) is 2. The van der Waals surface area contributed by atoms with Crippen molar-refractivity contribution in [2.45, 2.75) is 0 Å². The number of thioether (sulfide) groups is 1. The first-order chi connectivity index (χ1) is 4.27. The Bertz CT molecular complexity index is 156. The molecule has 0 aromatic carbocycles. The van der Waals surface area contributed by atoms with Gasteiger partial charge in [0.1, 0.15) is 0 Å². The summed E-state index contributed by atoms with van der Waals surface area (Å²) < 4.78 is 0. The normalized spacial score (nSPS) is 9.22. The molecular weight excluding hydrogens is 134 g/mol. The van der Waals surface area contributed by atoms with Crippen molar-refractivity contribution in [3.8, 4) is 6.07 Å². The van der Waals surface area contributed by atoms with E-state index >= 15 is 0 Å².